The SMILES string of the molecule is O=C(c1ccc(F)nc1)N1CCC[C@@H]1c1nc(Nc2cc(C3CC3)[nH]n2)n2cccc2n1. The van der Waals surface area contributed by atoms with Crippen LogP contribution >= 0.6 is 0 Å². The smallest absolute Gasteiger partial charge is 0.256 e. The number of nitrogens with one attached hydrogen (secondary N) is 2. The maximum absolute atomic E-state index is 13.2. The normalized spacial score (nSPS) is 18.4. The Morgan fingerprint density at radius 2 is 2.09 bits per heavy atom. The van der Waals surface area contributed by atoms with Gasteiger partial charge in [-0.05, 0) is 49.9 Å². The van der Waals surface area contributed by atoms with Gasteiger partial charge in [-0.2, -0.15) is 14.5 Å². The molecule has 4 aromatic rings. The highest BCUT2D eigenvalue weighted by molar-refractivity contribution is 5.94. The first-order valence-electron chi connectivity index (χ1n) is 10.8. The van der Waals surface area contributed by atoms with Crippen molar-refractivity contribution < 1.29 is 9.18 Å². The molecule has 1 amide bonds. The van der Waals surface area contributed by atoms with Crippen molar-refractivity contribution >= 4 is 23.3 Å². The number of fused-ring (bicyclic) bond motifs is 1. The number of hydrogen-bond acceptors (Lipinski definition) is 6. The zero-order valence-corrected chi connectivity index (χ0v) is 17.2. The number of H-pyrrole nitrogens is 1. The summed E-state index contributed by atoms with van der Waals surface area (Å²) < 4.78 is 15.0. The fourth-order valence-corrected chi connectivity index (χ4v) is 4.25. The van der Waals surface area contributed by atoms with E-state index in [1.165, 1.54) is 31.2 Å². The predicted octanol–water partition coefficient (Wildman–Crippen LogP) is 3.58. The Balaban J connectivity index is 1.32. The molecule has 1 aliphatic carbocycles. The molecule has 10 heteroatoms. The van der Waals surface area contributed by atoms with Gasteiger partial charge in [0, 0.05) is 36.6 Å². The van der Waals surface area contributed by atoms with E-state index in [0.29, 0.717) is 35.6 Å². The Morgan fingerprint density at radius 3 is 2.91 bits per heavy atom. The zero-order chi connectivity index (χ0) is 21.7. The molecule has 1 saturated carbocycles. The maximum Gasteiger partial charge on any atom is 0.256 e. The number of carbonyl (C=O) groups is 1. The Morgan fingerprint density at radius 1 is 1.19 bits per heavy atom. The van der Waals surface area contributed by atoms with Crippen LogP contribution in [0.15, 0.2) is 42.7 Å². The van der Waals surface area contributed by atoms with Crippen LogP contribution in [0.1, 0.15) is 59.5 Å². The van der Waals surface area contributed by atoms with Crippen molar-refractivity contribution in [3.63, 3.8) is 0 Å². The minimum atomic E-state index is -0.611. The molecule has 32 heavy (non-hydrogen) atoms. The molecule has 6 rings (SSSR count). The van der Waals surface area contributed by atoms with Crippen molar-refractivity contribution in [2.24, 2.45) is 0 Å². The average Bonchev–Trinajstić information content (AvgIpc) is 3.20. The standard InChI is InChI=1S/C22H21FN8O/c23-17-8-7-14(12-24-17)21(32)30-9-1-3-16(30)20-26-19-4-2-10-31(19)22(27-20)25-18-11-15(28-29-18)13-5-6-13/h2,4,7-8,10-13,16H,1,3,5-6,9H2,(H2,25,26,27,28,29)/t16-/m1/s1. The van der Waals surface area contributed by atoms with Crippen LogP contribution in [0.3, 0.4) is 0 Å². The fraction of sp³-hybridized carbons (Fsp3) is 0.318. The zero-order valence-electron chi connectivity index (χ0n) is 17.2. The van der Waals surface area contributed by atoms with Crippen molar-refractivity contribution in [1.29, 1.82) is 0 Å². The summed E-state index contributed by atoms with van der Waals surface area (Å²) in [5.41, 5.74) is 2.22. The van der Waals surface area contributed by atoms with Crippen LogP contribution in [-0.4, -0.2) is 46.9 Å². The average molecular weight is 432 g/mol. The molecule has 1 saturated heterocycles. The highest BCUT2D eigenvalue weighted by Gasteiger charge is 2.33. The molecule has 2 fully saturated rings. The number of hydrogen-bond donors (Lipinski definition) is 2. The second kappa shape index (κ2) is 7.40. The number of nitrogens with zero attached hydrogens (tertiary/aromatic N) is 6. The van der Waals surface area contributed by atoms with Crippen LogP contribution in [0.25, 0.3) is 5.65 Å². The summed E-state index contributed by atoms with van der Waals surface area (Å²) in [4.78, 5) is 27.9. The highest BCUT2D eigenvalue weighted by Crippen LogP contribution is 2.39. The van der Waals surface area contributed by atoms with Crippen molar-refractivity contribution in [2.45, 2.75) is 37.6 Å². The van der Waals surface area contributed by atoms with Gasteiger partial charge in [0.15, 0.2) is 11.6 Å². The Kier molecular flexibility index (Phi) is 4.37. The third-order valence-electron chi connectivity index (χ3n) is 6.05. The molecule has 4 aromatic heterocycles. The largest absolute Gasteiger partial charge is 0.328 e. The van der Waals surface area contributed by atoms with Gasteiger partial charge in [-0.3, -0.25) is 14.3 Å². The molecule has 2 aliphatic rings. The van der Waals surface area contributed by atoms with E-state index in [4.69, 9.17) is 9.97 Å². The number of likely N-dealkylation sites (tertiary alicyclic amines) is 1. The molecule has 0 bridgehead atoms. The molecule has 9 nitrogen and oxygen atoms in total. The summed E-state index contributed by atoms with van der Waals surface area (Å²) >= 11 is 0. The first-order chi connectivity index (χ1) is 15.7. The van der Waals surface area contributed by atoms with Gasteiger partial charge in [-0.1, -0.05) is 0 Å². The van der Waals surface area contributed by atoms with E-state index in [1.54, 1.807) is 4.90 Å². The van der Waals surface area contributed by atoms with Crippen LogP contribution in [0.4, 0.5) is 16.2 Å². The summed E-state index contributed by atoms with van der Waals surface area (Å²) in [6, 6.07) is 8.21. The number of anilines is 2. The van der Waals surface area contributed by atoms with E-state index < -0.39 is 5.95 Å². The minimum Gasteiger partial charge on any atom is -0.328 e. The van der Waals surface area contributed by atoms with Crippen molar-refractivity contribution in [3.05, 3.63) is 65.8 Å². The third kappa shape index (κ3) is 3.37. The molecule has 1 atom stereocenters. The number of halogens is 1. The van der Waals surface area contributed by atoms with Crippen LogP contribution in [0, 0.1) is 5.95 Å². The van der Waals surface area contributed by atoms with Gasteiger partial charge in [0.25, 0.3) is 5.91 Å². The predicted molar refractivity (Wildman–Crippen MR) is 114 cm³/mol. The summed E-state index contributed by atoms with van der Waals surface area (Å²) in [5, 5.41) is 10.8. The molecular formula is C22H21FN8O. The van der Waals surface area contributed by atoms with Gasteiger partial charge in [-0.25, -0.2) is 9.97 Å². The third-order valence-corrected chi connectivity index (χ3v) is 6.05. The van der Waals surface area contributed by atoms with Gasteiger partial charge in [-0.15, -0.1) is 0 Å². The lowest BCUT2D eigenvalue weighted by atomic mass is 10.2. The van der Waals surface area contributed by atoms with Crippen LogP contribution in [0.5, 0.6) is 0 Å². The van der Waals surface area contributed by atoms with E-state index >= 15 is 0 Å². The lowest BCUT2D eigenvalue weighted by molar-refractivity contribution is 0.0729. The number of pyridine rings is 1. The monoisotopic (exact) mass is 432 g/mol. The second-order valence-electron chi connectivity index (χ2n) is 8.28. The quantitative estimate of drug-likeness (QED) is 0.467. The summed E-state index contributed by atoms with van der Waals surface area (Å²) in [6.45, 7) is 0.587. The van der Waals surface area contributed by atoms with Gasteiger partial charge in [0.2, 0.25) is 11.9 Å². The number of aromatic amines is 1. The van der Waals surface area contributed by atoms with Gasteiger partial charge >= 0.3 is 0 Å². The van der Waals surface area contributed by atoms with Crippen molar-refractivity contribution in [2.75, 3.05) is 11.9 Å². The Bertz CT molecular complexity index is 1290. The van der Waals surface area contributed by atoms with E-state index in [9.17, 15) is 9.18 Å². The van der Waals surface area contributed by atoms with Gasteiger partial charge < -0.3 is 10.2 Å². The van der Waals surface area contributed by atoms with Crippen molar-refractivity contribution in [1.82, 2.24) is 34.4 Å². The van der Waals surface area contributed by atoms with E-state index in [-0.39, 0.29) is 11.9 Å². The van der Waals surface area contributed by atoms with Gasteiger partial charge in [0.05, 0.1) is 11.6 Å². The first-order valence-corrected chi connectivity index (χ1v) is 10.8. The van der Waals surface area contributed by atoms with E-state index in [0.717, 1.165) is 24.2 Å². The minimum absolute atomic E-state index is 0.199. The van der Waals surface area contributed by atoms with Crippen LogP contribution in [-0.2, 0) is 0 Å². The number of amides is 1. The maximum atomic E-state index is 13.2. The Labute approximate surface area is 182 Å². The first kappa shape index (κ1) is 18.9. The molecule has 5 heterocycles. The summed E-state index contributed by atoms with van der Waals surface area (Å²) in [5.74, 6) is 1.62. The lowest BCUT2D eigenvalue weighted by Gasteiger charge is -2.24. The topological polar surface area (TPSA) is 104 Å². The molecule has 0 spiro atoms. The van der Waals surface area contributed by atoms with E-state index in [2.05, 4.69) is 20.5 Å². The van der Waals surface area contributed by atoms with Crippen LogP contribution in [0.2, 0.25) is 0 Å². The van der Waals surface area contributed by atoms with Crippen molar-refractivity contribution in [3.8, 4) is 0 Å². The molecule has 1 aliphatic heterocycles. The fourth-order valence-electron chi connectivity index (χ4n) is 4.25. The Hall–Kier alpha value is -3.82. The molecule has 2 N–H and O–H groups in total. The molecule has 0 unspecified atom stereocenters. The summed E-state index contributed by atoms with van der Waals surface area (Å²) in [6.07, 6.45) is 7.13. The highest BCUT2D eigenvalue weighted by atomic mass is 19.1. The molecular weight excluding hydrogens is 411 g/mol. The number of carbonyl (C=O) groups excluding carboxylic acids is 1. The van der Waals surface area contributed by atoms with E-state index in [1.807, 2.05) is 28.8 Å². The molecule has 0 aromatic carbocycles. The molecule has 0 radical (unpaired) electrons. The lowest BCUT2D eigenvalue weighted by Crippen LogP contribution is -2.32. The molecule has 162 valence electrons. The van der Waals surface area contributed by atoms with Gasteiger partial charge in [0.1, 0.15) is 5.65 Å². The number of aromatic nitrogens is 6. The summed E-state index contributed by atoms with van der Waals surface area (Å²) in [7, 11) is 0. The van der Waals surface area contributed by atoms with Crippen LogP contribution < -0.4 is 5.32 Å². The number of rotatable bonds is 5. The second-order valence-corrected chi connectivity index (χ2v) is 8.28.